The maximum atomic E-state index is 13.2. The van der Waals surface area contributed by atoms with Gasteiger partial charge in [0.05, 0.1) is 4.88 Å². The summed E-state index contributed by atoms with van der Waals surface area (Å²) in [5.74, 6) is -0.0752. The molecule has 2 aliphatic heterocycles. The summed E-state index contributed by atoms with van der Waals surface area (Å²) < 4.78 is 1.96. The van der Waals surface area contributed by atoms with Crippen molar-refractivity contribution < 1.29 is 14.4 Å². The van der Waals surface area contributed by atoms with E-state index in [2.05, 4.69) is 27.1 Å². The van der Waals surface area contributed by atoms with Crippen LogP contribution in [0.4, 0.5) is 10.9 Å². The molecule has 2 aliphatic rings. The molecule has 5 rings (SSSR count). The lowest BCUT2D eigenvalue weighted by Crippen LogP contribution is -2.34. The highest BCUT2D eigenvalue weighted by molar-refractivity contribution is 7.16. The highest BCUT2D eigenvalue weighted by Gasteiger charge is 2.23. The average Bonchev–Trinajstić information content (AvgIpc) is 3.41. The second-order valence-electron chi connectivity index (χ2n) is 8.32. The van der Waals surface area contributed by atoms with Crippen LogP contribution in [0.25, 0.3) is 10.9 Å². The molecule has 2 amide bonds. The van der Waals surface area contributed by atoms with E-state index in [4.69, 9.17) is 0 Å². The van der Waals surface area contributed by atoms with Crippen molar-refractivity contribution in [3.05, 3.63) is 53.1 Å². The van der Waals surface area contributed by atoms with E-state index in [1.807, 2.05) is 22.8 Å². The molecule has 1 fully saturated rings. The molecule has 0 spiro atoms. The molecule has 9 heteroatoms. The molecular formula is C24H25N5O3S. The van der Waals surface area contributed by atoms with Crippen LogP contribution in [0.5, 0.6) is 0 Å². The third-order valence-electron chi connectivity index (χ3n) is 6.14. The largest absolute Gasteiger partial charge is 0.349 e. The van der Waals surface area contributed by atoms with Crippen LogP contribution in [-0.4, -0.2) is 46.8 Å². The summed E-state index contributed by atoms with van der Waals surface area (Å²) >= 11 is 1.46. The number of aromatic nitrogens is 2. The Labute approximate surface area is 195 Å². The zero-order chi connectivity index (χ0) is 22.9. The van der Waals surface area contributed by atoms with Crippen molar-refractivity contribution in [1.82, 2.24) is 14.9 Å². The van der Waals surface area contributed by atoms with Crippen LogP contribution < -0.4 is 15.5 Å². The summed E-state index contributed by atoms with van der Waals surface area (Å²) in [6.45, 7) is 6.62. The number of carbonyl (C=O) groups is 3. The number of amides is 2. The Morgan fingerprint density at radius 1 is 1.18 bits per heavy atom. The zero-order valence-corrected chi connectivity index (χ0v) is 19.0. The molecule has 4 heterocycles. The van der Waals surface area contributed by atoms with Crippen LogP contribution in [0.2, 0.25) is 0 Å². The molecule has 0 unspecified atom stereocenters. The maximum absolute atomic E-state index is 13.2. The topological polar surface area (TPSA) is 96.3 Å². The summed E-state index contributed by atoms with van der Waals surface area (Å²) in [7, 11) is 0. The Kier molecular flexibility index (Phi) is 5.72. The van der Waals surface area contributed by atoms with Gasteiger partial charge in [0, 0.05) is 49.1 Å². The Hall–Kier alpha value is -3.46. The van der Waals surface area contributed by atoms with Gasteiger partial charge in [-0.25, -0.2) is 4.98 Å². The van der Waals surface area contributed by atoms with E-state index < -0.39 is 0 Å². The van der Waals surface area contributed by atoms with Gasteiger partial charge in [-0.15, -0.1) is 0 Å². The number of nitrogens with one attached hydrogen (secondary N) is 2. The zero-order valence-electron chi connectivity index (χ0n) is 18.2. The predicted molar refractivity (Wildman–Crippen MR) is 129 cm³/mol. The van der Waals surface area contributed by atoms with E-state index in [0.29, 0.717) is 30.2 Å². The molecule has 3 aromatic rings. The minimum absolute atomic E-state index is 0.0596. The standard InChI is InChI=1S/C24H25N5O3S/c1-2-21(31)26-22-20(33-24(27-22)28-9-4-3-5-10-28)14-19(30)16-7-6-15-12-18-23(32)25-8-11-29(18)17(15)13-16/h2,6-7,12-13H,1,3-5,8-11,14H2,(H,25,32)(H,26,31). The monoisotopic (exact) mass is 463 g/mol. The lowest BCUT2D eigenvalue weighted by molar-refractivity contribution is -0.111. The van der Waals surface area contributed by atoms with Crippen LogP contribution in [0.3, 0.4) is 0 Å². The van der Waals surface area contributed by atoms with E-state index in [9.17, 15) is 14.4 Å². The van der Waals surface area contributed by atoms with E-state index in [1.165, 1.54) is 23.8 Å². The molecular weight excluding hydrogens is 438 g/mol. The fraction of sp³-hybridized carbons (Fsp3) is 0.333. The van der Waals surface area contributed by atoms with Crippen LogP contribution >= 0.6 is 11.3 Å². The third-order valence-corrected chi connectivity index (χ3v) is 7.26. The summed E-state index contributed by atoms with van der Waals surface area (Å²) in [6, 6.07) is 7.39. The minimum atomic E-state index is -0.348. The van der Waals surface area contributed by atoms with Gasteiger partial charge in [-0.3, -0.25) is 14.4 Å². The van der Waals surface area contributed by atoms with Crippen molar-refractivity contribution in [2.24, 2.45) is 0 Å². The van der Waals surface area contributed by atoms with Gasteiger partial charge in [0.25, 0.3) is 5.91 Å². The second-order valence-corrected chi connectivity index (χ2v) is 9.38. The lowest BCUT2D eigenvalue weighted by atomic mass is 10.1. The number of nitrogens with zero attached hydrogens (tertiary/aromatic N) is 3. The van der Waals surface area contributed by atoms with E-state index in [1.54, 1.807) is 6.07 Å². The van der Waals surface area contributed by atoms with Gasteiger partial charge >= 0.3 is 0 Å². The molecule has 8 nitrogen and oxygen atoms in total. The SMILES string of the molecule is C=CC(=O)Nc1nc(N2CCCCC2)sc1CC(=O)c1ccc2cc3n(c2c1)CCNC3=O. The molecule has 0 bridgehead atoms. The van der Waals surface area contributed by atoms with Crippen molar-refractivity contribution in [1.29, 1.82) is 0 Å². The minimum Gasteiger partial charge on any atom is -0.349 e. The number of ketones is 1. The molecule has 0 atom stereocenters. The molecule has 170 valence electrons. The van der Waals surface area contributed by atoms with Gasteiger partial charge < -0.3 is 20.1 Å². The summed E-state index contributed by atoms with van der Waals surface area (Å²) in [6.07, 6.45) is 4.77. The van der Waals surface area contributed by atoms with Crippen LogP contribution in [0, 0.1) is 0 Å². The van der Waals surface area contributed by atoms with Crippen molar-refractivity contribution in [3.63, 3.8) is 0 Å². The number of fused-ring (bicyclic) bond motifs is 3. The molecule has 0 aliphatic carbocycles. The number of anilines is 2. The first kappa shape index (κ1) is 21.4. The summed E-state index contributed by atoms with van der Waals surface area (Å²) in [5, 5.41) is 7.38. The Bertz CT molecular complexity index is 1270. The number of thiazole rings is 1. The smallest absolute Gasteiger partial charge is 0.268 e. The number of carbonyl (C=O) groups excluding carboxylic acids is 3. The number of hydrogen-bond donors (Lipinski definition) is 2. The molecule has 0 saturated carbocycles. The Balaban J connectivity index is 1.44. The Morgan fingerprint density at radius 2 is 2.00 bits per heavy atom. The predicted octanol–water partition coefficient (Wildman–Crippen LogP) is 3.38. The second kappa shape index (κ2) is 8.82. The number of piperidine rings is 1. The van der Waals surface area contributed by atoms with Gasteiger partial charge in [0.15, 0.2) is 10.9 Å². The van der Waals surface area contributed by atoms with Crippen molar-refractivity contribution >= 4 is 50.8 Å². The number of rotatable bonds is 6. The van der Waals surface area contributed by atoms with Gasteiger partial charge in [-0.2, -0.15) is 0 Å². The highest BCUT2D eigenvalue weighted by atomic mass is 32.1. The van der Waals surface area contributed by atoms with Crippen LogP contribution in [0.1, 0.15) is 45.0 Å². The van der Waals surface area contributed by atoms with Crippen molar-refractivity contribution in [3.8, 4) is 0 Å². The highest BCUT2D eigenvalue weighted by Crippen LogP contribution is 2.33. The third kappa shape index (κ3) is 4.16. The summed E-state index contributed by atoms with van der Waals surface area (Å²) in [4.78, 5) is 44.9. The fourth-order valence-electron chi connectivity index (χ4n) is 4.42. The van der Waals surface area contributed by atoms with Gasteiger partial charge in [-0.05, 0) is 37.5 Å². The number of benzene rings is 1. The van der Waals surface area contributed by atoms with E-state index >= 15 is 0 Å². The lowest BCUT2D eigenvalue weighted by Gasteiger charge is -2.25. The fourth-order valence-corrected chi connectivity index (χ4v) is 5.49. The Morgan fingerprint density at radius 3 is 2.79 bits per heavy atom. The first-order chi connectivity index (χ1) is 16.0. The molecule has 2 N–H and O–H groups in total. The molecule has 1 aromatic carbocycles. The number of hydrogen-bond acceptors (Lipinski definition) is 6. The first-order valence-corrected chi connectivity index (χ1v) is 12.0. The van der Waals surface area contributed by atoms with Crippen LogP contribution in [-0.2, 0) is 17.8 Å². The van der Waals surface area contributed by atoms with Gasteiger partial charge in [0.2, 0.25) is 5.91 Å². The molecule has 0 radical (unpaired) electrons. The van der Waals surface area contributed by atoms with E-state index in [0.717, 1.165) is 46.8 Å². The molecule has 1 saturated heterocycles. The van der Waals surface area contributed by atoms with Crippen LogP contribution in [0.15, 0.2) is 36.9 Å². The molecule has 33 heavy (non-hydrogen) atoms. The quantitative estimate of drug-likeness (QED) is 0.432. The summed E-state index contributed by atoms with van der Waals surface area (Å²) in [5.41, 5.74) is 2.07. The average molecular weight is 464 g/mol. The van der Waals surface area contributed by atoms with Gasteiger partial charge in [0.1, 0.15) is 11.5 Å². The molecule has 2 aromatic heterocycles. The maximum Gasteiger partial charge on any atom is 0.268 e. The van der Waals surface area contributed by atoms with Crippen molar-refractivity contribution in [2.45, 2.75) is 32.2 Å². The van der Waals surface area contributed by atoms with Crippen molar-refractivity contribution in [2.75, 3.05) is 29.9 Å². The normalized spacial score (nSPS) is 15.8. The first-order valence-electron chi connectivity index (χ1n) is 11.2. The van der Waals surface area contributed by atoms with E-state index in [-0.39, 0.29) is 24.0 Å². The van der Waals surface area contributed by atoms with Gasteiger partial charge in [-0.1, -0.05) is 30.0 Å². The number of Topliss-reactive ketones (excluding diaryl/α,β-unsaturated/α-hetero) is 1.